The molecule has 238 valence electrons. The maximum Gasteiger partial charge on any atom is 0.312 e. The highest BCUT2D eigenvalue weighted by Gasteiger charge is 2.38. The molecular weight excluding hydrogens is 566 g/mol. The first-order valence-electron chi connectivity index (χ1n) is 14.2. The van der Waals surface area contributed by atoms with Crippen LogP contribution in [0.5, 0.6) is 0 Å². The summed E-state index contributed by atoms with van der Waals surface area (Å²) < 4.78 is 5.37. The van der Waals surface area contributed by atoms with Gasteiger partial charge in [0.05, 0.1) is 26.3 Å². The third-order valence-electron chi connectivity index (χ3n) is 6.88. The smallest absolute Gasteiger partial charge is 0.312 e. The number of likely N-dealkylation sites (tertiary alicyclic amines) is 1. The lowest BCUT2D eigenvalue weighted by Gasteiger charge is -2.30. The average molecular weight is 608 g/mol. The van der Waals surface area contributed by atoms with E-state index < -0.39 is 59.6 Å². The average Bonchev–Trinajstić information content (AvgIpc) is 3.57. The Morgan fingerprint density at radius 2 is 1.77 bits per heavy atom. The summed E-state index contributed by atoms with van der Waals surface area (Å²) in [7, 11) is 0. The molecule has 0 aromatic rings. The van der Waals surface area contributed by atoms with Gasteiger partial charge in [-0.25, -0.2) is 4.79 Å². The Labute approximate surface area is 249 Å². The van der Waals surface area contributed by atoms with Crippen molar-refractivity contribution in [2.24, 2.45) is 11.7 Å². The lowest BCUT2D eigenvalue weighted by atomic mass is 10.0. The Balaban J connectivity index is 1.98. The van der Waals surface area contributed by atoms with Gasteiger partial charge in [0.25, 0.3) is 11.8 Å². The second-order valence-corrected chi connectivity index (χ2v) is 10.4. The lowest BCUT2D eigenvalue weighted by Crippen LogP contribution is -2.57. The molecule has 2 heterocycles. The number of imide groups is 1. The van der Waals surface area contributed by atoms with Crippen LogP contribution in [0.25, 0.3) is 0 Å². The zero-order valence-electron chi connectivity index (χ0n) is 24.5. The zero-order valence-corrected chi connectivity index (χ0v) is 24.5. The van der Waals surface area contributed by atoms with Crippen LogP contribution in [0.4, 0.5) is 4.79 Å². The number of carbonyl (C=O) groups is 8. The summed E-state index contributed by atoms with van der Waals surface area (Å²) in [5.74, 6) is -3.27. The van der Waals surface area contributed by atoms with Crippen LogP contribution in [-0.2, 0) is 38.3 Å². The van der Waals surface area contributed by atoms with Crippen molar-refractivity contribution in [1.29, 1.82) is 0 Å². The van der Waals surface area contributed by atoms with Crippen LogP contribution in [0.1, 0.15) is 46.0 Å². The highest BCUT2D eigenvalue weighted by atomic mass is 16.5. The molecule has 2 aliphatic rings. The van der Waals surface area contributed by atoms with Gasteiger partial charge >= 0.3 is 6.03 Å². The normalized spacial score (nSPS) is 17.5. The van der Waals surface area contributed by atoms with Crippen molar-refractivity contribution in [3.8, 4) is 0 Å². The van der Waals surface area contributed by atoms with Crippen LogP contribution in [0.3, 0.4) is 0 Å². The predicted octanol–water partition coefficient (Wildman–Crippen LogP) is -2.30. The van der Waals surface area contributed by atoms with E-state index >= 15 is 0 Å². The molecule has 0 aromatic carbocycles. The molecule has 0 saturated carbocycles. The molecule has 6 N–H and O–H groups in total. The molecule has 0 radical (unpaired) electrons. The number of ether oxygens (including phenoxy) is 1. The van der Waals surface area contributed by atoms with Crippen molar-refractivity contribution < 1.29 is 43.1 Å². The van der Waals surface area contributed by atoms with E-state index in [0.29, 0.717) is 19.1 Å². The van der Waals surface area contributed by atoms with E-state index in [1.807, 2.05) is 0 Å². The van der Waals surface area contributed by atoms with Crippen molar-refractivity contribution in [1.82, 2.24) is 31.1 Å². The van der Waals surface area contributed by atoms with E-state index in [9.17, 15) is 38.4 Å². The number of nitrogens with one attached hydrogen (secondary N) is 4. The largest absolute Gasteiger partial charge is 0.379 e. The van der Waals surface area contributed by atoms with Gasteiger partial charge in [-0.05, 0) is 31.6 Å². The first kappa shape index (κ1) is 34.9. The molecule has 1 fully saturated rings. The van der Waals surface area contributed by atoms with Crippen LogP contribution in [0.15, 0.2) is 12.2 Å². The van der Waals surface area contributed by atoms with Crippen molar-refractivity contribution in [3.05, 3.63) is 12.2 Å². The lowest BCUT2D eigenvalue weighted by molar-refractivity contribution is -0.142. The molecule has 2 aliphatic heterocycles. The third kappa shape index (κ3) is 11.1. The molecule has 0 aromatic heterocycles. The minimum atomic E-state index is -1.06. The highest BCUT2D eigenvalue weighted by molar-refractivity contribution is 6.12. The fraction of sp³-hybridized carbons (Fsp3) is 0.630. The molecule has 8 amide bonds. The Morgan fingerprint density at radius 1 is 1.07 bits per heavy atom. The standard InChI is InChI=1S/C27H41N7O9/c1-17(2)23(32-20(36)9-15-43-16-13-34-21(37)7-8-22(34)38)25(40)31-18(5-3-10-30-27(28)42)26(41)33-12-4-6-19(33)24(39)29-11-14-35/h7-8,14,17-19,23H,3-6,9-13,15-16H2,1-2H3,(H,29,39)(H,31,40)(H,32,36)(H3,28,30,42)/t18-,19-,23-/m0/s1. The van der Waals surface area contributed by atoms with Gasteiger partial charge in [0.2, 0.25) is 23.6 Å². The zero-order chi connectivity index (χ0) is 31.9. The number of amides is 8. The summed E-state index contributed by atoms with van der Waals surface area (Å²) in [6, 6.07) is -3.59. The third-order valence-corrected chi connectivity index (χ3v) is 6.88. The number of hydrogen-bond donors (Lipinski definition) is 5. The number of aldehydes is 1. The molecule has 0 aliphatic carbocycles. The number of primary amides is 1. The predicted molar refractivity (Wildman–Crippen MR) is 151 cm³/mol. The summed E-state index contributed by atoms with van der Waals surface area (Å²) in [5.41, 5.74) is 5.11. The Hall–Kier alpha value is -4.34. The number of rotatable bonds is 18. The van der Waals surface area contributed by atoms with Crippen LogP contribution in [0, 0.1) is 5.92 Å². The van der Waals surface area contributed by atoms with Gasteiger partial charge in [0.1, 0.15) is 24.4 Å². The van der Waals surface area contributed by atoms with Gasteiger partial charge < -0.3 is 41.4 Å². The van der Waals surface area contributed by atoms with E-state index in [0.717, 1.165) is 4.90 Å². The molecule has 0 unspecified atom stereocenters. The number of urea groups is 1. The maximum atomic E-state index is 13.5. The van der Waals surface area contributed by atoms with Crippen molar-refractivity contribution in [2.45, 2.75) is 64.1 Å². The first-order chi connectivity index (χ1) is 20.5. The number of nitrogens with zero attached hydrogens (tertiary/aromatic N) is 2. The van der Waals surface area contributed by atoms with Crippen LogP contribution >= 0.6 is 0 Å². The van der Waals surface area contributed by atoms with Gasteiger partial charge in [-0.2, -0.15) is 0 Å². The van der Waals surface area contributed by atoms with E-state index in [1.54, 1.807) is 13.8 Å². The summed E-state index contributed by atoms with van der Waals surface area (Å²) in [6.07, 6.45) is 4.14. The van der Waals surface area contributed by atoms with Crippen molar-refractivity contribution in [2.75, 3.05) is 39.4 Å². The Morgan fingerprint density at radius 3 is 2.40 bits per heavy atom. The van der Waals surface area contributed by atoms with E-state index in [4.69, 9.17) is 10.5 Å². The fourth-order valence-electron chi connectivity index (χ4n) is 4.65. The molecular formula is C27H41N7O9. The number of hydrogen-bond acceptors (Lipinski definition) is 9. The molecule has 3 atom stereocenters. The summed E-state index contributed by atoms with van der Waals surface area (Å²) in [6.45, 7) is 3.76. The summed E-state index contributed by atoms with van der Waals surface area (Å²) in [4.78, 5) is 99.2. The Bertz CT molecular complexity index is 1080. The van der Waals surface area contributed by atoms with Gasteiger partial charge in [-0.3, -0.25) is 33.7 Å². The van der Waals surface area contributed by atoms with Gasteiger partial charge in [-0.1, -0.05) is 13.8 Å². The molecule has 16 heteroatoms. The van der Waals surface area contributed by atoms with E-state index in [-0.39, 0.29) is 64.6 Å². The van der Waals surface area contributed by atoms with E-state index in [1.165, 1.54) is 17.1 Å². The monoisotopic (exact) mass is 607 g/mol. The van der Waals surface area contributed by atoms with E-state index in [2.05, 4.69) is 21.3 Å². The molecule has 0 spiro atoms. The second kappa shape index (κ2) is 17.6. The molecule has 1 saturated heterocycles. The van der Waals surface area contributed by atoms with Crippen molar-refractivity contribution in [3.63, 3.8) is 0 Å². The summed E-state index contributed by atoms with van der Waals surface area (Å²) >= 11 is 0. The molecule has 43 heavy (non-hydrogen) atoms. The molecule has 16 nitrogen and oxygen atoms in total. The quantitative estimate of drug-likeness (QED) is 0.0640. The van der Waals surface area contributed by atoms with Crippen molar-refractivity contribution >= 4 is 47.8 Å². The van der Waals surface area contributed by atoms with Gasteiger partial charge in [0, 0.05) is 31.7 Å². The number of carbonyl (C=O) groups excluding carboxylic acids is 8. The van der Waals surface area contributed by atoms with Gasteiger partial charge in [0.15, 0.2) is 0 Å². The van der Waals surface area contributed by atoms with Crippen LogP contribution in [0.2, 0.25) is 0 Å². The maximum absolute atomic E-state index is 13.5. The second-order valence-electron chi connectivity index (χ2n) is 10.4. The minimum Gasteiger partial charge on any atom is -0.379 e. The molecule has 0 bridgehead atoms. The topological polar surface area (TPSA) is 226 Å². The molecule has 2 rings (SSSR count). The highest BCUT2D eigenvalue weighted by Crippen LogP contribution is 2.20. The SMILES string of the molecule is CC(C)[C@H](NC(=O)CCOCCN1C(=O)C=CC1=O)C(=O)N[C@@H](CCCNC(N)=O)C(=O)N1CCC[C@H]1C(=O)NCC=O. The van der Waals surface area contributed by atoms with Crippen LogP contribution < -0.4 is 27.0 Å². The Kier molecular flexibility index (Phi) is 14.2. The summed E-state index contributed by atoms with van der Waals surface area (Å²) in [5, 5.41) is 10.2. The van der Waals surface area contributed by atoms with Crippen LogP contribution in [-0.4, -0.2) is 115 Å². The fourth-order valence-corrected chi connectivity index (χ4v) is 4.65. The number of nitrogens with two attached hydrogens (primary N) is 1. The first-order valence-corrected chi connectivity index (χ1v) is 14.2. The minimum absolute atomic E-state index is 0.0155. The van der Waals surface area contributed by atoms with Gasteiger partial charge in [-0.15, -0.1) is 0 Å².